The second kappa shape index (κ2) is 4.48. The van der Waals surface area contributed by atoms with E-state index in [0.717, 1.165) is 37.5 Å². The van der Waals surface area contributed by atoms with Crippen LogP contribution in [0.25, 0.3) is 11.0 Å². The molecule has 2 bridgehead atoms. The molecular formula is C14H15N3O2S. The van der Waals surface area contributed by atoms with Crippen LogP contribution in [0.4, 0.5) is 0 Å². The molecule has 0 spiro atoms. The summed E-state index contributed by atoms with van der Waals surface area (Å²) in [6, 6.07) is 3.31. The SMILES string of the molecule is O=c1ccc2cnc3nc2n1C1CCCCCC1S3=O. The second-order valence-electron chi connectivity index (χ2n) is 5.51. The first-order valence-corrected chi connectivity index (χ1v) is 8.26. The van der Waals surface area contributed by atoms with E-state index in [0.29, 0.717) is 10.8 Å². The molecule has 0 aromatic carbocycles. The van der Waals surface area contributed by atoms with Crippen LogP contribution in [-0.4, -0.2) is 24.0 Å². The lowest BCUT2D eigenvalue weighted by molar-refractivity contribution is 0.449. The quantitative estimate of drug-likeness (QED) is 0.694. The van der Waals surface area contributed by atoms with E-state index in [4.69, 9.17) is 0 Å². The molecule has 0 amide bonds. The second-order valence-corrected chi connectivity index (χ2v) is 7.08. The lowest BCUT2D eigenvalue weighted by atomic mass is 10.1. The number of aromatic nitrogens is 3. The maximum Gasteiger partial charge on any atom is 0.252 e. The van der Waals surface area contributed by atoms with Crippen molar-refractivity contribution in [3.05, 3.63) is 28.7 Å². The van der Waals surface area contributed by atoms with Crippen molar-refractivity contribution in [3.63, 3.8) is 0 Å². The standard InChI is InChI=1S/C14H15N3O2S/c18-12-7-6-9-8-15-14-16-13(9)17(12)10-4-2-1-3-5-11(10)20(14)19/h6-8,10-11H,1-5H2. The van der Waals surface area contributed by atoms with Crippen molar-refractivity contribution in [3.8, 4) is 0 Å². The van der Waals surface area contributed by atoms with Gasteiger partial charge in [0.05, 0.1) is 22.1 Å². The third-order valence-corrected chi connectivity index (χ3v) is 6.01. The van der Waals surface area contributed by atoms with Gasteiger partial charge in [-0.15, -0.1) is 0 Å². The lowest BCUT2D eigenvalue weighted by Crippen LogP contribution is -2.32. The van der Waals surface area contributed by atoms with Crippen LogP contribution in [0.1, 0.15) is 38.1 Å². The summed E-state index contributed by atoms with van der Waals surface area (Å²) in [4.78, 5) is 21.0. The zero-order valence-electron chi connectivity index (χ0n) is 11.0. The Balaban J connectivity index is 2.06. The Labute approximate surface area is 118 Å². The summed E-state index contributed by atoms with van der Waals surface area (Å²) >= 11 is 0. The third kappa shape index (κ3) is 1.67. The zero-order valence-corrected chi connectivity index (χ0v) is 11.8. The molecular weight excluding hydrogens is 274 g/mol. The summed E-state index contributed by atoms with van der Waals surface area (Å²) < 4.78 is 14.5. The van der Waals surface area contributed by atoms with Gasteiger partial charge in [-0.3, -0.25) is 13.6 Å². The highest BCUT2D eigenvalue weighted by atomic mass is 32.2. The molecule has 3 unspecified atom stereocenters. The number of hydrogen-bond donors (Lipinski definition) is 0. The molecule has 1 aliphatic heterocycles. The van der Waals surface area contributed by atoms with Gasteiger partial charge in [0.1, 0.15) is 5.65 Å². The fraction of sp³-hybridized carbons (Fsp3) is 0.500. The van der Waals surface area contributed by atoms with Crippen molar-refractivity contribution < 1.29 is 4.21 Å². The minimum absolute atomic E-state index is 0.0104. The van der Waals surface area contributed by atoms with E-state index in [1.54, 1.807) is 22.9 Å². The molecule has 2 aromatic rings. The Morgan fingerprint density at radius 1 is 1.20 bits per heavy atom. The molecule has 1 saturated carbocycles. The fourth-order valence-electron chi connectivity index (χ4n) is 3.37. The summed E-state index contributed by atoms with van der Waals surface area (Å²) in [6.45, 7) is 0. The van der Waals surface area contributed by atoms with E-state index in [-0.39, 0.29) is 16.9 Å². The van der Waals surface area contributed by atoms with Crippen LogP contribution in [0.3, 0.4) is 0 Å². The van der Waals surface area contributed by atoms with Crippen molar-refractivity contribution in [2.24, 2.45) is 0 Å². The van der Waals surface area contributed by atoms with E-state index in [2.05, 4.69) is 9.97 Å². The first-order valence-electron chi connectivity index (χ1n) is 7.04. The Bertz CT molecular complexity index is 771. The van der Waals surface area contributed by atoms with E-state index >= 15 is 0 Å². The van der Waals surface area contributed by atoms with Crippen molar-refractivity contribution >= 4 is 21.8 Å². The smallest absolute Gasteiger partial charge is 0.252 e. The van der Waals surface area contributed by atoms with E-state index < -0.39 is 10.8 Å². The van der Waals surface area contributed by atoms with Crippen molar-refractivity contribution in [1.29, 1.82) is 0 Å². The van der Waals surface area contributed by atoms with Crippen molar-refractivity contribution in [2.75, 3.05) is 0 Å². The molecule has 5 nitrogen and oxygen atoms in total. The van der Waals surface area contributed by atoms with Gasteiger partial charge in [-0.25, -0.2) is 9.97 Å². The molecule has 0 radical (unpaired) electrons. The number of rotatable bonds is 0. The minimum atomic E-state index is -1.22. The average molecular weight is 289 g/mol. The lowest BCUT2D eigenvalue weighted by Gasteiger charge is -2.23. The number of hydrogen-bond acceptors (Lipinski definition) is 4. The molecule has 104 valence electrons. The Morgan fingerprint density at radius 2 is 2.05 bits per heavy atom. The Morgan fingerprint density at radius 3 is 2.95 bits per heavy atom. The van der Waals surface area contributed by atoms with Gasteiger partial charge in [0.2, 0.25) is 5.16 Å². The van der Waals surface area contributed by atoms with Crippen LogP contribution in [0.5, 0.6) is 0 Å². The molecule has 2 aliphatic rings. The van der Waals surface area contributed by atoms with Gasteiger partial charge in [-0.05, 0) is 18.9 Å². The van der Waals surface area contributed by atoms with Gasteiger partial charge >= 0.3 is 0 Å². The van der Waals surface area contributed by atoms with Crippen LogP contribution >= 0.6 is 0 Å². The molecule has 1 aliphatic carbocycles. The molecule has 20 heavy (non-hydrogen) atoms. The van der Waals surface area contributed by atoms with Gasteiger partial charge in [-0.2, -0.15) is 0 Å². The number of nitrogens with zero attached hydrogens (tertiary/aromatic N) is 3. The third-order valence-electron chi connectivity index (χ3n) is 4.35. The summed E-state index contributed by atoms with van der Waals surface area (Å²) in [5, 5.41) is 1.18. The predicted octanol–water partition coefficient (Wildman–Crippen LogP) is 1.79. The Hall–Kier alpha value is -1.56. The van der Waals surface area contributed by atoms with Crippen LogP contribution in [0, 0.1) is 0 Å². The van der Waals surface area contributed by atoms with Crippen LogP contribution in [-0.2, 0) is 10.8 Å². The number of fused-ring (bicyclic) bond motifs is 3. The maximum atomic E-state index is 12.7. The van der Waals surface area contributed by atoms with E-state index in [1.807, 2.05) is 0 Å². The van der Waals surface area contributed by atoms with E-state index in [9.17, 15) is 9.00 Å². The van der Waals surface area contributed by atoms with Crippen molar-refractivity contribution in [2.45, 2.75) is 48.6 Å². The molecule has 2 aromatic heterocycles. The summed E-state index contributed by atoms with van der Waals surface area (Å²) in [5.41, 5.74) is 0.600. The summed E-state index contributed by atoms with van der Waals surface area (Å²) in [6.07, 6.45) is 6.73. The maximum absolute atomic E-state index is 12.7. The highest BCUT2D eigenvalue weighted by Gasteiger charge is 2.35. The van der Waals surface area contributed by atoms with E-state index in [1.165, 1.54) is 0 Å². The molecule has 3 heterocycles. The average Bonchev–Trinajstić information content (AvgIpc) is 2.75. The highest BCUT2D eigenvalue weighted by molar-refractivity contribution is 7.85. The van der Waals surface area contributed by atoms with Gasteiger partial charge in [0.15, 0.2) is 0 Å². The first kappa shape index (κ1) is 12.2. The normalized spacial score (nSPS) is 28.9. The monoisotopic (exact) mass is 289 g/mol. The minimum Gasteiger partial charge on any atom is -0.288 e. The topological polar surface area (TPSA) is 64.8 Å². The van der Waals surface area contributed by atoms with Crippen LogP contribution < -0.4 is 5.56 Å². The van der Waals surface area contributed by atoms with Crippen molar-refractivity contribution in [1.82, 2.24) is 14.5 Å². The van der Waals surface area contributed by atoms with Gasteiger partial charge in [0.25, 0.3) is 5.56 Å². The van der Waals surface area contributed by atoms with Gasteiger partial charge in [0, 0.05) is 17.6 Å². The predicted molar refractivity (Wildman–Crippen MR) is 76.1 cm³/mol. The molecule has 0 saturated heterocycles. The molecule has 6 heteroatoms. The molecule has 3 atom stereocenters. The van der Waals surface area contributed by atoms with Crippen LogP contribution in [0.2, 0.25) is 0 Å². The first-order chi connectivity index (χ1) is 9.75. The fourth-order valence-corrected chi connectivity index (χ4v) is 4.90. The molecule has 4 rings (SSSR count). The summed E-state index contributed by atoms with van der Waals surface area (Å²) in [5.74, 6) is 0. The highest BCUT2D eigenvalue weighted by Crippen LogP contribution is 2.35. The number of pyridine rings is 1. The molecule has 0 N–H and O–H groups in total. The molecule has 1 fully saturated rings. The van der Waals surface area contributed by atoms with Gasteiger partial charge in [-0.1, -0.05) is 19.3 Å². The van der Waals surface area contributed by atoms with Gasteiger partial charge < -0.3 is 0 Å². The largest absolute Gasteiger partial charge is 0.288 e. The Kier molecular flexibility index (Phi) is 2.73. The summed E-state index contributed by atoms with van der Waals surface area (Å²) in [7, 11) is -1.22. The zero-order chi connectivity index (χ0) is 13.7. The van der Waals surface area contributed by atoms with Crippen LogP contribution in [0.15, 0.2) is 28.3 Å².